The molecular weight excluding hydrogens is 268 g/mol. The molecule has 0 saturated heterocycles. The Bertz CT molecular complexity index is 524. The van der Waals surface area contributed by atoms with Crippen LogP contribution in [0.1, 0.15) is 30.2 Å². The maximum Gasteiger partial charge on any atom is 0.211 e. The molecule has 0 aliphatic heterocycles. The van der Waals surface area contributed by atoms with Gasteiger partial charge in [0, 0.05) is 17.0 Å². The van der Waals surface area contributed by atoms with Crippen molar-refractivity contribution in [1.29, 1.82) is 0 Å². The number of nitrogens with two attached hydrogens (primary N) is 1. The van der Waals surface area contributed by atoms with Gasteiger partial charge in [0.2, 0.25) is 10.0 Å². The van der Waals surface area contributed by atoms with Gasteiger partial charge in [-0.25, -0.2) is 13.1 Å². The normalized spacial score (nSPS) is 11.0. The fourth-order valence-corrected chi connectivity index (χ4v) is 3.36. The minimum absolute atomic E-state index is 0.179. The number of nitrogens with one attached hydrogen (secondary N) is 1. The summed E-state index contributed by atoms with van der Waals surface area (Å²) in [6, 6.07) is 1.88. The lowest BCUT2D eigenvalue weighted by Crippen LogP contribution is -2.25. The zero-order valence-corrected chi connectivity index (χ0v) is 12.0. The molecule has 1 aromatic rings. The van der Waals surface area contributed by atoms with Crippen LogP contribution >= 0.6 is 11.3 Å². The molecule has 3 N–H and O–H groups in total. The van der Waals surface area contributed by atoms with Gasteiger partial charge in [0.05, 0.1) is 12.3 Å². The summed E-state index contributed by atoms with van der Waals surface area (Å²) in [6.07, 6.45) is 1.55. The number of rotatable bonds is 6. The third kappa shape index (κ3) is 5.19. The fourth-order valence-electron chi connectivity index (χ4n) is 1.32. The van der Waals surface area contributed by atoms with E-state index in [9.17, 15) is 8.42 Å². The van der Waals surface area contributed by atoms with Crippen LogP contribution in [0.15, 0.2) is 11.4 Å². The first kappa shape index (κ1) is 15.2. The summed E-state index contributed by atoms with van der Waals surface area (Å²) in [7, 11) is -3.17. The molecule has 0 aromatic carbocycles. The number of hydrogen-bond donors (Lipinski definition) is 2. The molecule has 0 bridgehead atoms. The SMILES string of the molecule is CCCCS(=O)(=O)NCc1sccc1C#CCN. The average Bonchev–Trinajstić information content (AvgIpc) is 2.79. The molecule has 0 fully saturated rings. The quantitative estimate of drug-likeness (QED) is 0.774. The van der Waals surface area contributed by atoms with Gasteiger partial charge in [-0.05, 0) is 17.9 Å². The minimum atomic E-state index is -3.17. The van der Waals surface area contributed by atoms with E-state index in [1.165, 1.54) is 11.3 Å². The van der Waals surface area contributed by atoms with Gasteiger partial charge in [0.25, 0.3) is 0 Å². The first-order valence-corrected chi connectivity index (χ1v) is 8.35. The van der Waals surface area contributed by atoms with E-state index in [1.807, 2.05) is 18.4 Å². The van der Waals surface area contributed by atoms with Crippen molar-refractivity contribution >= 4 is 21.4 Å². The summed E-state index contributed by atoms with van der Waals surface area (Å²) in [6.45, 7) is 2.57. The molecule has 0 spiro atoms. The van der Waals surface area contributed by atoms with Gasteiger partial charge >= 0.3 is 0 Å². The van der Waals surface area contributed by atoms with Crippen LogP contribution in [0.25, 0.3) is 0 Å². The second kappa shape index (κ2) is 7.54. The standard InChI is InChI=1S/C12H18N2O2S2/c1-2-3-9-18(15,16)14-10-12-11(5-4-7-13)6-8-17-12/h6,8,14H,2-3,7,9-10,13H2,1H3. The summed E-state index contributed by atoms with van der Waals surface area (Å²) in [5.41, 5.74) is 6.16. The van der Waals surface area contributed by atoms with Gasteiger partial charge in [0.15, 0.2) is 0 Å². The number of sulfonamides is 1. The topological polar surface area (TPSA) is 72.2 Å². The molecule has 0 radical (unpaired) electrons. The van der Waals surface area contributed by atoms with Crippen LogP contribution in [-0.4, -0.2) is 20.7 Å². The summed E-state index contributed by atoms with van der Waals surface area (Å²) in [5.74, 6) is 5.88. The van der Waals surface area contributed by atoms with Crippen LogP contribution in [0, 0.1) is 11.8 Å². The fraction of sp³-hybridized carbons (Fsp3) is 0.500. The van der Waals surface area contributed by atoms with Crippen LogP contribution in [0.2, 0.25) is 0 Å². The van der Waals surface area contributed by atoms with E-state index >= 15 is 0 Å². The van der Waals surface area contributed by atoms with E-state index in [1.54, 1.807) is 0 Å². The Kier molecular flexibility index (Phi) is 6.36. The van der Waals surface area contributed by atoms with E-state index in [4.69, 9.17) is 5.73 Å². The Morgan fingerprint density at radius 1 is 1.50 bits per heavy atom. The van der Waals surface area contributed by atoms with Crippen molar-refractivity contribution in [3.8, 4) is 11.8 Å². The molecule has 0 aliphatic rings. The van der Waals surface area contributed by atoms with E-state index in [0.717, 1.165) is 16.9 Å². The van der Waals surface area contributed by atoms with Crippen molar-refractivity contribution in [3.63, 3.8) is 0 Å². The molecule has 0 saturated carbocycles. The van der Waals surface area contributed by atoms with Crippen LogP contribution in [0.3, 0.4) is 0 Å². The van der Waals surface area contributed by atoms with Gasteiger partial charge in [-0.3, -0.25) is 0 Å². The lowest BCUT2D eigenvalue weighted by Gasteiger charge is -2.05. The van der Waals surface area contributed by atoms with Crippen molar-refractivity contribution in [3.05, 3.63) is 21.9 Å². The Hall–Kier alpha value is -0.870. The Balaban J connectivity index is 2.61. The van der Waals surface area contributed by atoms with Gasteiger partial charge < -0.3 is 5.73 Å². The third-order valence-corrected chi connectivity index (χ3v) is 4.62. The molecule has 1 aromatic heterocycles. The molecule has 0 amide bonds. The van der Waals surface area contributed by atoms with Crippen LogP contribution in [0.5, 0.6) is 0 Å². The summed E-state index contributed by atoms with van der Waals surface area (Å²) >= 11 is 1.49. The second-order valence-corrected chi connectivity index (χ2v) is 6.68. The number of unbranched alkanes of at least 4 members (excludes halogenated alkanes) is 1. The molecule has 18 heavy (non-hydrogen) atoms. The number of thiophene rings is 1. The van der Waals surface area contributed by atoms with Gasteiger partial charge in [0.1, 0.15) is 0 Å². The van der Waals surface area contributed by atoms with Gasteiger partial charge in [-0.15, -0.1) is 11.3 Å². The number of hydrogen-bond acceptors (Lipinski definition) is 4. The van der Waals surface area contributed by atoms with E-state index in [2.05, 4.69) is 16.6 Å². The first-order chi connectivity index (χ1) is 8.59. The third-order valence-electron chi connectivity index (χ3n) is 2.29. The van der Waals surface area contributed by atoms with Crippen molar-refractivity contribution in [2.75, 3.05) is 12.3 Å². The van der Waals surface area contributed by atoms with Crippen molar-refractivity contribution in [2.24, 2.45) is 5.73 Å². The largest absolute Gasteiger partial charge is 0.320 e. The highest BCUT2D eigenvalue weighted by molar-refractivity contribution is 7.89. The molecule has 6 heteroatoms. The lowest BCUT2D eigenvalue weighted by molar-refractivity contribution is 0.578. The van der Waals surface area contributed by atoms with Gasteiger partial charge in [-0.1, -0.05) is 25.2 Å². The second-order valence-electron chi connectivity index (χ2n) is 3.76. The summed E-state index contributed by atoms with van der Waals surface area (Å²) < 4.78 is 25.9. The van der Waals surface area contributed by atoms with E-state index in [0.29, 0.717) is 19.5 Å². The predicted molar refractivity (Wildman–Crippen MR) is 75.8 cm³/mol. The zero-order chi connectivity index (χ0) is 13.4. The average molecular weight is 286 g/mol. The van der Waals surface area contributed by atoms with Crippen LogP contribution < -0.4 is 10.5 Å². The Morgan fingerprint density at radius 3 is 2.94 bits per heavy atom. The van der Waals surface area contributed by atoms with E-state index < -0.39 is 10.0 Å². The molecule has 0 unspecified atom stereocenters. The van der Waals surface area contributed by atoms with Crippen molar-refractivity contribution in [1.82, 2.24) is 4.72 Å². The van der Waals surface area contributed by atoms with Crippen LogP contribution in [0.4, 0.5) is 0 Å². The highest BCUT2D eigenvalue weighted by atomic mass is 32.2. The maximum atomic E-state index is 11.6. The minimum Gasteiger partial charge on any atom is -0.320 e. The molecule has 1 rings (SSSR count). The van der Waals surface area contributed by atoms with Crippen LogP contribution in [-0.2, 0) is 16.6 Å². The molecule has 1 heterocycles. The Labute approximate surface area is 113 Å². The van der Waals surface area contributed by atoms with Crippen molar-refractivity contribution in [2.45, 2.75) is 26.3 Å². The molecular formula is C12H18N2O2S2. The molecule has 0 aliphatic carbocycles. The maximum absolute atomic E-state index is 11.6. The highest BCUT2D eigenvalue weighted by Gasteiger charge is 2.10. The smallest absolute Gasteiger partial charge is 0.211 e. The van der Waals surface area contributed by atoms with Gasteiger partial charge in [-0.2, -0.15) is 0 Å². The monoisotopic (exact) mass is 286 g/mol. The molecule has 4 nitrogen and oxygen atoms in total. The highest BCUT2D eigenvalue weighted by Crippen LogP contribution is 2.15. The van der Waals surface area contributed by atoms with E-state index in [-0.39, 0.29) is 5.75 Å². The molecule has 100 valence electrons. The Morgan fingerprint density at radius 2 is 2.28 bits per heavy atom. The lowest BCUT2D eigenvalue weighted by atomic mass is 10.2. The zero-order valence-electron chi connectivity index (χ0n) is 10.4. The predicted octanol–water partition coefficient (Wildman–Crippen LogP) is 1.28. The first-order valence-electron chi connectivity index (χ1n) is 5.81. The summed E-state index contributed by atoms with van der Waals surface area (Å²) in [4.78, 5) is 0.927. The summed E-state index contributed by atoms with van der Waals surface area (Å²) in [5, 5.41) is 1.90. The molecule has 0 atom stereocenters. The van der Waals surface area contributed by atoms with Crippen molar-refractivity contribution < 1.29 is 8.42 Å².